The zero-order valence-corrected chi connectivity index (χ0v) is 27.9. The Labute approximate surface area is 249 Å². The first kappa shape index (κ1) is 33.4. The molecule has 0 aromatic heterocycles. The Hall–Kier alpha value is -2.12. The summed E-state index contributed by atoms with van der Waals surface area (Å²) in [5.41, 5.74) is -0.588. The summed E-state index contributed by atoms with van der Waals surface area (Å²) in [5, 5.41) is 9.99. The predicted octanol–water partition coefficient (Wildman–Crippen LogP) is 6.53. The van der Waals surface area contributed by atoms with Gasteiger partial charge in [0.2, 0.25) is 0 Å². The molecule has 232 valence electrons. The fourth-order valence-electron chi connectivity index (χ4n) is 7.08. The minimum atomic E-state index is -1.16. The summed E-state index contributed by atoms with van der Waals surface area (Å²) >= 11 is 0. The molecule has 1 N–H and O–H groups in total. The molecule has 2 aliphatic heterocycles. The van der Waals surface area contributed by atoms with Crippen LogP contribution in [0.4, 0.5) is 0 Å². The summed E-state index contributed by atoms with van der Waals surface area (Å²) in [7, 11) is 4.15. The number of benzene rings is 1. The number of likely N-dealkylation sites (tertiary alicyclic amines) is 2. The number of esters is 2. The van der Waals surface area contributed by atoms with Crippen molar-refractivity contribution in [3.63, 3.8) is 0 Å². The minimum Gasteiger partial charge on any atom is -0.508 e. The van der Waals surface area contributed by atoms with E-state index in [0.29, 0.717) is 12.8 Å². The summed E-state index contributed by atoms with van der Waals surface area (Å²) in [5.74, 6) is -2.64. The molecule has 3 atom stereocenters. The van der Waals surface area contributed by atoms with Crippen LogP contribution in [0, 0.1) is 11.3 Å². The number of hydrogen-bond donors (Lipinski definition) is 1. The summed E-state index contributed by atoms with van der Waals surface area (Å²) in [6.45, 7) is 23.3. The van der Waals surface area contributed by atoms with E-state index in [9.17, 15) is 14.7 Å². The Balaban J connectivity index is 2.02. The molecule has 2 aliphatic rings. The summed E-state index contributed by atoms with van der Waals surface area (Å²) in [6.07, 6.45) is 2.43. The Morgan fingerprint density at radius 3 is 1.49 bits per heavy atom. The maximum Gasteiger partial charge on any atom is 0.321 e. The maximum atomic E-state index is 14.3. The molecule has 0 saturated carbocycles. The number of hydrogen-bond acceptors (Lipinski definition) is 7. The lowest BCUT2D eigenvalue weighted by atomic mass is 9.69. The Kier molecular flexibility index (Phi) is 9.10. The molecule has 3 rings (SSSR count). The highest BCUT2D eigenvalue weighted by atomic mass is 16.6. The second-order valence-corrected chi connectivity index (χ2v) is 15.9. The van der Waals surface area contributed by atoms with E-state index in [1.165, 1.54) is 0 Å². The topological polar surface area (TPSA) is 79.3 Å². The number of carbonyl (C=O) groups is 2. The van der Waals surface area contributed by atoms with Gasteiger partial charge in [0.25, 0.3) is 0 Å². The third-order valence-corrected chi connectivity index (χ3v) is 10.7. The number of nitrogens with zero attached hydrogens (tertiary/aromatic N) is 2. The molecule has 0 bridgehead atoms. The molecule has 41 heavy (non-hydrogen) atoms. The monoisotopic (exact) mass is 572 g/mol. The van der Waals surface area contributed by atoms with Crippen LogP contribution in [0.15, 0.2) is 24.3 Å². The van der Waals surface area contributed by atoms with E-state index in [0.717, 1.165) is 18.4 Å². The van der Waals surface area contributed by atoms with E-state index in [1.54, 1.807) is 24.3 Å². The zero-order chi connectivity index (χ0) is 31.3. The molecular weight excluding hydrogens is 516 g/mol. The Morgan fingerprint density at radius 2 is 1.15 bits per heavy atom. The third kappa shape index (κ3) is 6.61. The van der Waals surface area contributed by atoms with Crippen molar-refractivity contribution in [3.05, 3.63) is 29.8 Å². The van der Waals surface area contributed by atoms with Gasteiger partial charge in [0.05, 0.1) is 11.1 Å². The van der Waals surface area contributed by atoms with Crippen LogP contribution < -0.4 is 0 Å². The highest BCUT2D eigenvalue weighted by molar-refractivity contribution is 5.96. The van der Waals surface area contributed by atoms with Gasteiger partial charge in [0, 0.05) is 17.0 Å². The number of phenols is 1. The number of aromatic hydroxyl groups is 1. The van der Waals surface area contributed by atoms with Crippen molar-refractivity contribution in [2.24, 2.45) is 11.3 Å². The number of piperidine rings is 2. The van der Waals surface area contributed by atoms with Gasteiger partial charge in [-0.1, -0.05) is 32.9 Å². The quantitative estimate of drug-likeness (QED) is 0.307. The molecule has 2 heterocycles. The number of likely N-dealkylation sites (N-methyl/N-ethyl adjacent to an activating group) is 2. The van der Waals surface area contributed by atoms with Crippen LogP contribution in [0.5, 0.6) is 5.75 Å². The molecule has 1 aromatic carbocycles. The minimum absolute atomic E-state index is 0.0307. The first-order valence-electron chi connectivity index (χ1n) is 15.2. The first-order chi connectivity index (χ1) is 18.5. The number of phenolic OH excluding ortho intramolecular Hbond substituents is 1. The molecule has 0 spiro atoms. The Bertz CT molecular complexity index is 1040. The molecule has 2 fully saturated rings. The van der Waals surface area contributed by atoms with Crippen LogP contribution >= 0.6 is 0 Å². The fraction of sp³-hybridized carbons (Fsp3) is 0.765. The smallest absolute Gasteiger partial charge is 0.321 e. The van der Waals surface area contributed by atoms with Crippen molar-refractivity contribution in [3.8, 4) is 5.75 Å². The van der Waals surface area contributed by atoms with Crippen molar-refractivity contribution >= 4 is 11.9 Å². The lowest BCUT2D eigenvalue weighted by Gasteiger charge is -2.54. The van der Waals surface area contributed by atoms with Crippen molar-refractivity contribution in [1.82, 2.24) is 9.80 Å². The van der Waals surface area contributed by atoms with Crippen LogP contribution in [-0.2, 0) is 19.1 Å². The molecule has 7 heteroatoms. The summed E-state index contributed by atoms with van der Waals surface area (Å²) in [6, 6.07) is 6.79. The molecule has 2 saturated heterocycles. The van der Waals surface area contributed by atoms with Gasteiger partial charge >= 0.3 is 11.9 Å². The van der Waals surface area contributed by atoms with Crippen molar-refractivity contribution in [2.75, 3.05) is 14.1 Å². The van der Waals surface area contributed by atoms with E-state index >= 15 is 0 Å². The van der Waals surface area contributed by atoms with Crippen molar-refractivity contribution < 1.29 is 24.2 Å². The lowest BCUT2D eigenvalue weighted by molar-refractivity contribution is -0.188. The highest BCUT2D eigenvalue weighted by Crippen LogP contribution is 2.45. The average Bonchev–Trinajstić information content (AvgIpc) is 2.84. The maximum absolute atomic E-state index is 14.3. The second-order valence-electron chi connectivity index (χ2n) is 15.9. The van der Waals surface area contributed by atoms with Gasteiger partial charge in [0.1, 0.15) is 18.0 Å². The van der Waals surface area contributed by atoms with Crippen LogP contribution in [0.3, 0.4) is 0 Å². The van der Waals surface area contributed by atoms with Gasteiger partial charge in [-0.05, 0) is 118 Å². The third-order valence-electron chi connectivity index (χ3n) is 10.7. The van der Waals surface area contributed by atoms with Crippen LogP contribution in [0.1, 0.15) is 113 Å². The van der Waals surface area contributed by atoms with Gasteiger partial charge in [-0.15, -0.1) is 0 Å². The molecule has 3 unspecified atom stereocenters. The second kappa shape index (κ2) is 11.2. The van der Waals surface area contributed by atoms with Crippen LogP contribution in [-0.4, -0.2) is 75.3 Å². The fourth-order valence-corrected chi connectivity index (χ4v) is 7.08. The number of rotatable bonds is 6. The first-order valence-corrected chi connectivity index (χ1v) is 15.2. The predicted molar refractivity (Wildman–Crippen MR) is 164 cm³/mol. The SMILES string of the molecule is CN1C(C)(C)CCC(OC(=O)C(C(=O)OC2CCC(C)(C)N(C)C2(C)C)C(c2ccc(O)cc2)C(C)(C)C)C1(C)C. The van der Waals surface area contributed by atoms with Gasteiger partial charge in [-0.2, -0.15) is 0 Å². The average molecular weight is 573 g/mol. The van der Waals surface area contributed by atoms with Crippen molar-refractivity contribution in [2.45, 2.75) is 142 Å². The zero-order valence-electron chi connectivity index (χ0n) is 27.9. The number of carbonyl (C=O) groups excluding carboxylic acids is 2. The lowest BCUT2D eigenvalue weighted by Crippen LogP contribution is -2.64. The molecule has 0 aliphatic carbocycles. The van der Waals surface area contributed by atoms with Gasteiger partial charge in [-0.25, -0.2) is 0 Å². The van der Waals surface area contributed by atoms with Gasteiger partial charge in [0.15, 0.2) is 5.92 Å². The standard InChI is InChI=1S/C34H56N2O5/c1-30(2,3)27(22-14-16-23(37)17-15-22)26(28(38)40-24-18-20-31(4,5)35(12)33(24,8)9)29(39)41-25-19-21-32(6,7)36(13)34(25,10)11/h14-17,24-27,37H,18-21H2,1-13H3. The van der Waals surface area contributed by atoms with Crippen LogP contribution in [0.2, 0.25) is 0 Å². The normalized spacial score (nSPS) is 27.4. The molecule has 7 nitrogen and oxygen atoms in total. The van der Waals surface area contributed by atoms with E-state index in [1.807, 2.05) is 20.8 Å². The number of ether oxygens (including phenoxy) is 2. The van der Waals surface area contributed by atoms with Gasteiger partial charge < -0.3 is 14.6 Å². The van der Waals surface area contributed by atoms with Gasteiger partial charge in [-0.3, -0.25) is 19.4 Å². The molecule has 1 aromatic rings. The van der Waals surface area contributed by atoms with E-state index in [4.69, 9.17) is 9.47 Å². The van der Waals surface area contributed by atoms with E-state index < -0.39 is 40.3 Å². The molecular formula is C34H56N2O5. The van der Waals surface area contributed by atoms with Crippen molar-refractivity contribution in [1.29, 1.82) is 0 Å². The Morgan fingerprint density at radius 1 is 0.780 bits per heavy atom. The molecule has 0 amide bonds. The molecule has 0 radical (unpaired) electrons. The van der Waals surface area contributed by atoms with Crippen LogP contribution in [0.25, 0.3) is 0 Å². The van der Waals surface area contributed by atoms with E-state index in [2.05, 4.69) is 79.3 Å². The van der Waals surface area contributed by atoms with E-state index in [-0.39, 0.29) is 29.0 Å². The highest BCUT2D eigenvalue weighted by Gasteiger charge is 2.52. The summed E-state index contributed by atoms with van der Waals surface area (Å²) in [4.78, 5) is 33.2. The largest absolute Gasteiger partial charge is 0.508 e. The summed E-state index contributed by atoms with van der Waals surface area (Å²) < 4.78 is 12.7.